The van der Waals surface area contributed by atoms with E-state index in [1.54, 1.807) is 21.3 Å². The summed E-state index contributed by atoms with van der Waals surface area (Å²) >= 11 is 0. The van der Waals surface area contributed by atoms with Gasteiger partial charge in [-0.2, -0.15) is 0 Å². The Balaban J connectivity index is 0. The van der Waals surface area contributed by atoms with E-state index in [-0.39, 0.29) is 17.9 Å². The van der Waals surface area contributed by atoms with Crippen LogP contribution in [0, 0.1) is 5.92 Å². The number of unbranched alkanes of at least 4 members (excludes halogenated alkanes) is 10. The molecule has 0 aromatic rings. The predicted octanol–water partition coefficient (Wildman–Crippen LogP) is 7.51. The quantitative estimate of drug-likeness (QED) is 0.140. The first-order chi connectivity index (χ1) is 13.8. The molecule has 4 nitrogen and oxygen atoms in total. The number of hydrogen-bond donors (Lipinski definition) is 1. The third kappa shape index (κ3) is 18.0. The molecule has 0 aromatic carbocycles. The zero-order valence-corrected chi connectivity index (χ0v) is 22.9. The second-order valence-electron chi connectivity index (χ2n) is 9.57. The van der Waals surface area contributed by atoms with Crippen molar-refractivity contribution in [2.24, 2.45) is 11.7 Å². The van der Waals surface area contributed by atoms with E-state index >= 15 is 0 Å². The minimum Gasteiger partial charge on any atom is -0.377 e. The van der Waals surface area contributed by atoms with Crippen molar-refractivity contribution in [3.8, 4) is 0 Å². The summed E-state index contributed by atoms with van der Waals surface area (Å²) in [7, 11) is 2.66. The SMILES string of the molecule is CCCCCCCCCCCCCC(CCC[Si](OC)(OC)OC)CC(C)(C)N.Cl. The van der Waals surface area contributed by atoms with Crippen molar-refractivity contribution in [3.05, 3.63) is 0 Å². The highest BCUT2D eigenvalue weighted by Gasteiger charge is 2.37. The molecule has 0 radical (unpaired) electrons. The van der Waals surface area contributed by atoms with Crippen molar-refractivity contribution in [3.63, 3.8) is 0 Å². The highest BCUT2D eigenvalue weighted by molar-refractivity contribution is 6.60. The minimum atomic E-state index is -2.44. The fourth-order valence-electron chi connectivity index (χ4n) is 4.35. The van der Waals surface area contributed by atoms with E-state index in [1.807, 2.05) is 0 Å². The Hall–Kier alpha value is 0.347. The summed E-state index contributed by atoms with van der Waals surface area (Å²) in [5.41, 5.74) is 6.24. The molecule has 0 aliphatic carbocycles. The molecule has 0 bridgehead atoms. The van der Waals surface area contributed by atoms with Crippen molar-refractivity contribution >= 4 is 21.2 Å². The first-order valence-electron chi connectivity index (χ1n) is 12.3. The topological polar surface area (TPSA) is 53.7 Å². The van der Waals surface area contributed by atoms with Gasteiger partial charge in [-0.1, -0.05) is 90.4 Å². The molecule has 0 saturated heterocycles. The van der Waals surface area contributed by atoms with Crippen LogP contribution in [0.5, 0.6) is 0 Å². The van der Waals surface area contributed by atoms with Crippen LogP contribution in [0.1, 0.15) is 117 Å². The monoisotopic (exact) mass is 467 g/mol. The molecule has 0 aromatic heterocycles. The Morgan fingerprint density at radius 1 is 0.700 bits per heavy atom. The third-order valence-electron chi connectivity index (χ3n) is 6.06. The van der Waals surface area contributed by atoms with Crippen LogP contribution in [0.2, 0.25) is 6.04 Å². The Morgan fingerprint density at radius 2 is 1.10 bits per heavy atom. The third-order valence-corrected chi connectivity index (χ3v) is 8.89. The van der Waals surface area contributed by atoms with E-state index in [4.69, 9.17) is 19.0 Å². The maximum Gasteiger partial charge on any atom is 0.500 e. The summed E-state index contributed by atoms with van der Waals surface area (Å²) in [6.45, 7) is 6.59. The molecular weight excluding hydrogens is 414 g/mol. The van der Waals surface area contributed by atoms with Gasteiger partial charge in [-0.3, -0.25) is 0 Å². The molecule has 1 atom stereocenters. The van der Waals surface area contributed by atoms with Crippen LogP contribution in [0.3, 0.4) is 0 Å². The molecule has 0 rings (SSSR count). The minimum absolute atomic E-state index is 0. The average molecular weight is 468 g/mol. The lowest BCUT2D eigenvalue weighted by Gasteiger charge is -2.28. The van der Waals surface area contributed by atoms with Crippen LogP contribution in [0.15, 0.2) is 0 Å². The first-order valence-corrected chi connectivity index (χ1v) is 14.2. The smallest absolute Gasteiger partial charge is 0.377 e. The molecule has 1 unspecified atom stereocenters. The zero-order chi connectivity index (χ0) is 22.0. The van der Waals surface area contributed by atoms with E-state index in [2.05, 4.69) is 20.8 Å². The Bertz CT molecular complexity index is 355. The maximum atomic E-state index is 6.34. The normalized spacial score (nSPS) is 13.3. The lowest BCUT2D eigenvalue weighted by molar-refractivity contribution is 0.122. The van der Waals surface area contributed by atoms with Gasteiger partial charge in [0.15, 0.2) is 0 Å². The standard InChI is InChI=1S/C24H53NO3Si.ClH/c1-7-8-9-10-11-12-13-14-15-16-17-19-23(22-24(2,3)25)20-18-21-29(26-4,27-5)28-6;/h23H,7-22,25H2,1-6H3;1H. The van der Waals surface area contributed by atoms with Crippen LogP contribution in [0.4, 0.5) is 0 Å². The molecule has 0 spiro atoms. The van der Waals surface area contributed by atoms with Crippen molar-refractivity contribution in [1.82, 2.24) is 0 Å². The highest BCUT2D eigenvalue weighted by Crippen LogP contribution is 2.27. The van der Waals surface area contributed by atoms with Crippen LogP contribution >= 0.6 is 12.4 Å². The Kier molecular flexibility index (Phi) is 21.7. The second-order valence-corrected chi connectivity index (χ2v) is 12.7. The van der Waals surface area contributed by atoms with E-state index in [0.29, 0.717) is 5.92 Å². The van der Waals surface area contributed by atoms with Crippen molar-refractivity contribution in [2.45, 2.75) is 129 Å². The second kappa shape index (κ2) is 20.0. The summed E-state index contributed by atoms with van der Waals surface area (Å²) < 4.78 is 16.7. The van der Waals surface area contributed by atoms with Crippen LogP contribution in [-0.2, 0) is 13.3 Å². The van der Waals surface area contributed by atoms with Gasteiger partial charge in [0.25, 0.3) is 0 Å². The van der Waals surface area contributed by atoms with Gasteiger partial charge < -0.3 is 19.0 Å². The van der Waals surface area contributed by atoms with Crippen molar-refractivity contribution < 1.29 is 13.3 Å². The lowest BCUT2D eigenvalue weighted by Crippen LogP contribution is -2.42. The van der Waals surface area contributed by atoms with E-state index < -0.39 is 8.80 Å². The van der Waals surface area contributed by atoms with Crippen molar-refractivity contribution in [1.29, 1.82) is 0 Å². The largest absolute Gasteiger partial charge is 0.500 e. The summed E-state index contributed by atoms with van der Waals surface area (Å²) in [4.78, 5) is 0. The summed E-state index contributed by atoms with van der Waals surface area (Å²) in [5, 5.41) is 0. The number of nitrogens with two attached hydrogens (primary N) is 1. The summed E-state index contributed by atoms with van der Waals surface area (Å²) in [6.07, 6.45) is 20.0. The molecule has 6 heteroatoms. The van der Waals surface area contributed by atoms with Gasteiger partial charge in [-0.05, 0) is 32.6 Å². The van der Waals surface area contributed by atoms with Crippen LogP contribution in [-0.4, -0.2) is 35.7 Å². The molecule has 0 heterocycles. The molecule has 30 heavy (non-hydrogen) atoms. The molecule has 2 N–H and O–H groups in total. The van der Waals surface area contributed by atoms with Crippen molar-refractivity contribution in [2.75, 3.05) is 21.3 Å². The van der Waals surface area contributed by atoms with E-state index in [1.165, 1.54) is 83.5 Å². The maximum absolute atomic E-state index is 6.34. The Labute approximate surface area is 196 Å². The molecule has 0 amide bonds. The summed E-state index contributed by atoms with van der Waals surface area (Å²) in [5.74, 6) is 0.686. The molecule has 0 aliphatic heterocycles. The van der Waals surface area contributed by atoms with Gasteiger partial charge in [0.1, 0.15) is 0 Å². The van der Waals surface area contributed by atoms with Gasteiger partial charge in [0, 0.05) is 32.9 Å². The van der Waals surface area contributed by atoms with Crippen LogP contribution in [0.25, 0.3) is 0 Å². The van der Waals surface area contributed by atoms with Gasteiger partial charge in [-0.15, -0.1) is 12.4 Å². The van der Waals surface area contributed by atoms with Gasteiger partial charge in [0.2, 0.25) is 0 Å². The number of hydrogen-bond acceptors (Lipinski definition) is 4. The molecule has 0 saturated carbocycles. The first kappa shape index (κ1) is 32.5. The van der Waals surface area contributed by atoms with Gasteiger partial charge >= 0.3 is 8.80 Å². The van der Waals surface area contributed by atoms with E-state index in [9.17, 15) is 0 Å². The molecular formula is C24H54ClNO3Si. The highest BCUT2D eigenvalue weighted by atomic mass is 35.5. The van der Waals surface area contributed by atoms with Gasteiger partial charge in [-0.25, -0.2) is 0 Å². The fraction of sp³-hybridized carbons (Fsp3) is 1.00. The molecule has 0 aliphatic rings. The fourth-order valence-corrected chi connectivity index (χ4v) is 6.10. The number of rotatable bonds is 21. The molecule has 0 fully saturated rings. The Morgan fingerprint density at radius 3 is 1.50 bits per heavy atom. The predicted molar refractivity (Wildman–Crippen MR) is 136 cm³/mol. The van der Waals surface area contributed by atoms with E-state index in [0.717, 1.165) is 18.9 Å². The summed E-state index contributed by atoms with van der Waals surface area (Å²) in [6, 6.07) is 0.885. The van der Waals surface area contributed by atoms with Gasteiger partial charge in [0.05, 0.1) is 0 Å². The average Bonchev–Trinajstić information content (AvgIpc) is 2.68. The molecule has 184 valence electrons. The lowest BCUT2D eigenvalue weighted by atomic mass is 9.85. The zero-order valence-electron chi connectivity index (χ0n) is 21.1. The van der Waals surface area contributed by atoms with Crippen LogP contribution < -0.4 is 5.73 Å². The number of halogens is 1.